The standard InChI is InChI=1S/C14H27NO2/c16-13-7-3-1-5-11(13)9-15-10-12-6-2-4-8-14(12)17/h11-17H,1-10H2. The zero-order valence-corrected chi connectivity index (χ0v) is 10.8. The third-order valence-electron chi connectivity index (χ3n) is 4.55. The topological polar surface area (TPSA) is 52.5 Å². The average Bonchev–Trinajstić information content (AvgIpc) is 2.34. The van der Waals surface area contributed by atoms with Crippen molar-refractivity contribution >= 4 is 0 Å². The summed E-state index contributed by atoms with van der Waals surface area (Å²) in [4.78, 5) is 0. The van der Waals surface area contributed by atoms with Crippen LogP contribution >= 0.6 is 0 Å². The molecule has 3 heteroatoms. The summed E-state index contributed by atoms with van der Waals surface area (Å²) in [6.07, 6.45) is 8.92. The van der Waals surface area contributed by atoms with Crippen LogP contribution in [-0.2, 0) is 0 Å². The van der Waals surface area contributed by atoms with Crippen molar-refractivity contribution in [3.63, 3.8) is 0 Å². The Morgan fingerprint density at radius 1 is 0.706 bits per heavy atom. The molecule has 0 bridgehead atoms. The molecule has 17 heavy (non-hydrogen) atoms. The van der Waals surface area contributed by atoms with Gasteiger partial charge < -0.3 is 15.5 Å². The van der Waals surface area contributed by atoms with Crippen LogP contribution in [0.1, 0.15) is 51.4 Å². The highest BCUT2D eigenvalue weighted by molar-refractivity contribution is 4.79. The molecule has 2 aliphatic carbocycles. The van der Waals surface area contributed by atoms with Crippen LogP contribution in [0.5, 0.6) is 0 Å². The minimum Gasteiger partial charge on any atom is -0.393 e. The van der Waals surface area contributed by atoms with E-state index in [1.165, 1.54) is 25.7 Å². The molecule has 0 amide bonds. The molecule has 0 aromatic carbocycles. The molecule has 3 nitrogen and oxygen atoms in total. The van der Waals surface area contributed by atoms with Gasteiger partial charge in [0.25, 0.3) is 0 Å². The molecular formula is C14H27NO2. The molecule has 2 saturated carbocycles. The number of hydrogen-bond acceptors (Lipinski definition) is 3. The summed E-state index contributed by atoms with van der Waals surface area (Å²) in [6.45, 7) is 1.84. The van der Waals surface area contributed by atoms with E-state index < -0.39 is 0 Å². The predicted octanol–water partition coefficient (Wildman–Crippen LogP) is 1.68. The minimum absolute atomic E-state index is 0.104. The maximum Gasteiger partial charge on any atom is 0.0580 e. The van der Waals surface area contributed by atoms with Crippen LogP contribution in [0.4, 0.5) is 0 Å². The van der Waals surface area contributed by atoms with Gasteiger partial charge in [-0.25, -0.2) is 0 Å². The Morgan fingerprint density at radius 3 is 1.53 bits per heavy atom. The normalized spacial score (nSPS) is 39.2. The molecule has 0 aliphatic heterocycles. The minimum atomic E-state index is -0.104. The monoisotopic (exact) mass is 241 g/mol. The van der Waals surface area contributed by atoms with Gasteiger partial charge in [0.15, 0.2) is 0 Å². The van der Waals surface area contributed by atoms with Gasteiger partial charge in [0.2, 0.25) is 0 Å². The van der Waals surface area contributed by atoms with E-state index in [-0.39, 0.29) is 12.2 Å². The number of nitrogens with one attached hydrogen (secondary N) is 1. The van der Waals surface area contributed by atoms with Crippen LogP contribution < -0.4 is 5.32 Å². The zero-order chi connectivity index (χ0) is 12.1. The van der Waals surface area contributed by atoms with Crippen LogP contribution in [0.15, 0.2) is 0 Å². The molecule has 0 spiro atoms. The Balaban J connectivity index is 1.64. The maximum atomic E-state index is 9.87. The van der Waals surface area contributed by atoms with Crippen molar-refractivity contribution < 1.29 is 10.2 Å². The molecule has 100 valence electrons. The Labute approximate surface area is 105 Å². The van der Waals surface area contributed by atoms with Crippen molar-refractivity contribution in [2.45, 2.75) is 63.6 Å². The molecule has 4 atom stereocenters. The van der Waals surface area contributed by atoms with Gasteiger partial charge in [0.05, 0.1) is 12.2 Å². The van der Waals surface area contributed by atoms with Gasteiger partial charge in [-0.15, -0.1) is 0 Å². The van der Waals surface area contributed by atoms with Gasteiger partial charge in [-0.2, -0.15) is 0 Å². The summed E-state index contributed by atoms with van der Waals surface area (Å²) in [7, 11) is 0. The second-order valence-corrected chi connectivity index (χ2v) is 5.88. The Bertz CT molecular complexity index is 200. The lowest BCUT2D eigenvalue weighted by atomic mass is 9.85. The van der Waals surface area contributed by atoms with Crippen molar-refractivity contribution in [1.82, 2.24) is 5.32 Å². The lowest BCUT2D eigenvalue weighted by Crippen LogP contribution is -2.39. The van der Waals surface area contributed by atoms with Gasteiger partial charge >= 0.3 is 0 Å². The van der Waals surface area contributed by atoms with Crippen LogP contribution in [0.2, 0.25) is 0 Å². The summed E-state index contributed by atoms with van der Waals surface area (Å²) in [5.41, 5.74) is 0. The molecule has 2 rings (SSSR count). The smallest absolute Gasteiger partial charge is 0.0580 e. The lowest BCUT2D eigenvalue weighted by molar-refractivity contribution is 0.0564. The Hall–Kier alpha value is -0.120. The summed E-state index contributed by atoms with van der Waals surface area (Å²) < 4.78 is 0. The molecular weight excluding hydrogens is 214 g/mol. The summed E-state index contributed by atoms with van der Waals surface area (Å²) in [6, 6.07) is 0. The maximum absolute atomic E-state index is 9.87. The Morgan fingerprint density at radius 2 is 1.12 bits per heavy atom. The van der Waals surface area contributed by atoms with E-state index >= 15 is 0 Å². The highest BCUT2D eigenvalue weighted by Crippen LogP contribution is 2.25. The van der Waals surface area contributed by atoms with Crippen molar-refractivity contribution in [1.29, 1.82) is 0 Å². The van der Waals surface area contributed by atoms with Crippen LogP contribution in [-0.4, -0.2) is 35.5 Å². The zero-order valence-electron chi connectivity index (χ0n) is 10.8. The quantitative estimate of drug-likeness (QED) is 0.702. The third kappa shape index (κ3) is 3.94. The molecule has 0 aromatic rings. The first-order chi connectivity index (χ1) is 8.27. The van der Waals surface area contributed by atoms with Crippen molar-refractivity contribution in [3.8, 4) is 0 Å². The molecule has 0 aromatic heterocycles. The molecule has 3 N–H and O–H groups in total. The average molecular weight is 241 g/mol. The number of rotatable bonds is 4. The SMILES string of the molecule is OC1CCCCC1CNCC1CCCCC1O. The molecule has 0 radical (unpaired) electrons. The summed E-state index contributed by atoms with van der Waals surface area (Å²) >= 11 is 0. The molecule has 0 heterocycles. The third-order valence-corrected chi connectivity index (χ3v) is 4.55. The summed E-state index contributed by atoms with van der Waals surface area (Å²) in [5.74, 6) is 0.869. The van der Waals surface area contributed by atoms with E-state index in [9.17, 15) is 10.2 Å². The van der Waals surface area contributed by atoms with E-state index in [0.717, 1.165) is 38.8 Å². The van der Waals surface area contributed by atoms with Gasteiger partial charge in [-0.05, 0) is 37.5 Å². The van der Waals surface area contributed by atoms with Crippen LogP contribution in [0.25, 0.3) is 0 Å². The summed E-state index contributed by atoms with van der Waals surface area (Å²) in [5, 5.41) is 23.2. The second kappa shape index (κ2) is 6.72. The second-order valence-electron chi connectivity index (χ2n) is 5.88. The van der Waals surface area contributed by atoms with Gasteiger partial charge in [0.1, 0.15) is 0 Å². The molecule has 2 aliphatic rings. The van der Waals surface area contributed by atoms with Gasteiger partial charge in [-0.3, -0.25) is 0 Å². The van der Waals surface area contributed by atoms with E-state index in [1.807, 2.05) is 0 Å². The van der Waals surface area contributed by atoms with E-state index in [4.69, 9.17) is 0 Å². The molecule has 0 saturated heterocycles. The van der Waals surface area contributed by atoms with Crippen molar-refractivity contribution in [2.75, 3.05) is 13.1 Å². The first-order valence-electron chi connectivity index (χ1n) is 7.34. The fraction of sp³-hybridized carbons (Fsp3) is 1.00. The molecule has 4 unspecified atom stereocenters. The fourth-order valence-electron chi connectivity index (χ4n) is 3.31. The van der Waals surface area contributed by atoms with Crippen LogP contribution in [0.3, 0.4) is 0 Å². The molecule has 2 fully saturated rings. The number of aliphatic hydroxyl groups is 2. The van der Waals surface area contributed by atoms with Crippen molar-refractivity contribution in [2.24, 2.45) is 11.8 Å². The van der Waals surface area contributed by atoms with E-state index in [2.05, 4.69) is 5.32 Å². The van der Waals surface area contributed by atoms with Gasteiger partial charge in [-0.1, -0.05) is 25.7 Å². The fourth-order valence-corrected chi connectivity index (χ4v) is 3.31. The number of hydrogen-bond donors (Lipinski definition) is 3. The van der Waals surface area contributed by atoms with Crippen LogP contribution in [0, 0.1) is 11.8 Å². The van der Waals surface area contributed by atoms with Crippen molar-refractivity contribution in [3.05, 3.63) is 0 Å². The highest BCUT2D eigenvalue weighted by Gasteiger charge is 2.25. The van der Waals surface area contributed by atoms with E-state index in [1.54, 1.807) is 0 Å². The van der Waals surface area contributed by atoms with Gasteiger partial charge in [0, 0.05) is 13.1 Å². The largest absolute Gasteiger partial charge is 0.393 e. The number of aliphatic hydroxyl groups excluding tert-OH is 2. The Kier molecular flexibility index (Phi) is 5.26. The first-order valence-corrected chi connectivity index (χ1v) is 7.34. The highest BCUT2D eigenvalue weighted by atomic mass is 16.3. The first kappa shape index (κ1) is 13.3. The predicted molar refractivity (Wildman–Crippen MR) is 68.8 cm³/mol. The van der Waals surface area contributed by atoms with E-state index in [0.29, 0.717) is 11.8 Å². The lowest BCUT2D eigenvalue weighted by Gasteiger charge is -2.31.